The van der Waals surface area contributed by atoms with E-state index in [0.717, 1.165) is 4.90 Å². The number of para-hydroxylation sites is 1. The van der Waals surface area contributed by atoms with Gasteiger partial charge in [-0.3, -0.25) is 4.79 Å². The van der Waals surface area contributed by atoms with E-state index in [1.165, 1.54) is 11.8 Å². The standard InChI is InChI=1S/C23H23N3O4S/c1-29-18-10-13-21(30-2)20(14-18)26-22(27)15-31-19-11-8-17(9-12-19)25-23(28)24-16-6-4-3-5-7-16/h3-14H,15H2,1-2H3,(H,26,27)(H2,24,25,28). The number of urea groups is 1. The fourth-order valence-corrected chi connectivity index (χ4v) is 3.39. The summed E-state index contributed by atoms with van der Waals surface area (Å²) >= 11 is 1.39. The molecule has 0 bridgehead atoms. The molecule has 3 aromatic rings. The van der Waals surface area contributed by atoms with Crippen LogP contribution in [0, 0.1) is 0 Å². The lowest BCUT2D eigenvalue weighted by molar-refractivity contribution is -0.113. The minimum Gasteiger partial charge on any atom is -0.497 e. The van der Waals surface area contributed by atoms with Gasteiger partial charge in [-0.2, -0.15) is 0 Å². The number of amides is 3. The van der Waals surface area contributed by atoms with Crippen LogP contribution in [-0.4, -0.2) is 31.9 Å². The summed E-state index contributed by atoms with van der Waals surface area (Å²) in [6, 6.07) is 21.4. The van der Waals surface area contributed by atoms with Crippen molar-refractivity contribution in [1.29, 1.82) is 0 Å². The second-order valence-electron chi connectivity index (χ2n) is 6.37. The molecule has 0 saturated carbocycles. The zero-order chi connectivity index (χ0) is 22.1. The molecule has 31 heavy (non-hydrogen) atoms. The fourth-order valence-electron chi connectivity index (χ4n) is 2.70. The van der Waals surface area contributed by atoms with Crippen LogP contribution in [0.4, 0.5) is 21.9 Å². The van der Waals surface area contributed by atoms with Crippen molar-refractivity contribution in [1.82, 2.24) is 0 Å². The topological polar surface area (TPSA) is 88.7 Å². The lowest BCUT2D eigenvalue weighted by atomic mass is 10.2. The quantitative estimate of drug-likeness (QED) is 0.428. The van der Waals surface area contributed by atoms with Crippen molar-refractivity contribution in [2.75, 3.05) is 35.9 Å². The number of benzene rings is 3. The van der Waals surface area contributed by atoms with Crippen molar-refractivity contribution >= 4 is 40.8 Å². The molecule has 0 saturated heterocycles. The third-order valence-electron chi connectivity index (χ3n) is 4.19. The summed E-state index contributed by atoms with van der Waals surface area (Å²) in [5, 5.41) is 8.37. The molecular weight excluding hydrogens is 414 g/mol. The van der Waals surface area contributed by atoms with Gasteiger partial charge < -0.3 is 25.4 Å². The van der Waals surface area contributed by atoms with Gasteiger partial charge in [0.25, 0.3) is 0 Å². The predicted molar refractivity (Wildman–Crippen MR) is 124 cm³/mol. The van der Waals surface area contributed by atoms with Crippen LogP contribution in [0.3, 0.4) is 0 Å². The molecule has 0 unspecified atom stereocenters. The molecule has 3 aromatic carbocycles. The van der Waals surface area contributed by atoms with E-state index in [-0.39, 0.29) is 17.7 Å². The lowest BCUT2D eigenvalue weighted by Gasteiger charge is -2.12. The Hall–Kier alpha value is -3.65. The SMILES string of the molecule is COc1ccc(OC)c(NC(=O)CSc2ccc(NC(=O)Nc3ccccc3)cc2)c1. The van der Waals surface area contributed by atoms with Crippen LogP contribution >= 0.6 is 11.8 Å². The maximum absolute atomic E-state index is 12.3. The molecule has 0 atom stereocenters. The molecule has 8 heteroatoms. The second-order valence-corrected chi connectivity index (χ2v) is 7.42. The first kappa shape index (κ1) is 22.0. The van der Waals surface area contributed by atoms with Gasteiger partial charge in [0, 0.05) is 22.3 Å². The minimum atomic E-state index is -0.321. The number of methoxy groups -OCH3 is 2. The number of carbonyl (C=O) groups excluding carboxylic acids is 2. The van der Waals surface area contributed by atoms with Gasteiger partial charge in [0.15, 0.2) is 0 Å². The van der Waals surface area contributed by atoms with E-state index < -0.39 is 0 Å². The van der Waals surface area contributed by atoms with E-state index in [4.69, 9.17) is 9.47 Å². The van der Waals surface area contributed by atoms with Crippen molar-refractivity contribution in [3.05, 3.63) is 72.8 Å². The Labute approximate surface area is 185 Å². The summed E-state index contributed by atoms with van der Waals surface area (Å²) in [6.07, 6.45) is 0. The van der Waals surface area contributed by atoms with E-state index in [0.29, 0.717) is 28.6 Å². The highest BCUT2D eigenvalue weighted by atomic mass is 32.2. The minimum absolute atomic E-state index is 0.166. The van der Waals surface area contributed by atoms with Crippen LogP contribution in [0.2, 0.25) is 0 Å². The zero-order valence-corrected chi connectivity index (χ0v) is 18.0. The Morgan fingerprint density at radius 3 is 2.13 bits per heavy atom. The molecule has 0 aliphatic heterocycles. The molecule has 0 aromatic heterocycles. The summed E-state index contributed by atoms with van der Waals surface area (Å²) in [6.45, 7) is 0. The molecule has 3 N–H and O–H groups in total. The van der Waals surface area contributed by atoms with E-state index in [9.17, 15) is 9.59 Å². The number of rotatable bonds is 8. The molecule has 0 aliphatic rings. The highest BCUT2D eigenvalue weighted by Gasteiger charge is 2.10. The van der Waals surface area contributed by atoms with Gasteiger partial charge in [0.2, 0.25) is 5.91 Å². The Morgan fingerprint density at radius 2 is 1.48 bits per heavy atom. The van der Waals surface area contributed by atoms with Crippen LogP contribution in [-0.2, 0) is 4.79 Å². The van der Waals surface area contributed by atoms with Gasteiger partial charge in [-0.05, 0) is 48.5 Å². The maximum Gasteiger partial charge on any atom is 0.323 e. The van der Waals surface area contributed by atoms with Gasteiger partial charge in [-0.1, -0.05) is 18.2 Å². The molecule has 160 valence electrons. The fraction of sp³-hybridized carbons (Fsp3) is 0.130. The molecule has 7 nitrogen and oxygen atoms in total. The first-order valence-corrected chi connectivity index (χ1v) is 10.4. The summed E-state index contributed by atoms with van der Waals surface area (Å²) in [7, 11) is 3.11. The Balaban J connectivity index is 1.50. The smallest absolute Gasteiger partial charge is 0.323 e. The van der Waals surface area contributed by atoms with Gasteiger partial charge in [0.05, 0.1) is 25.7 Å². The summed E-state index contributed by atoms with van der Waals surface area (Å²) in [4.78, 5) is 25.3. The van der Waals surface area contributed by atoms with E-state index in [1.807, 2.05) is 42.5 Å². The molecule has 0 heterocycles. The van der Waals surface area contributed by atoms with Crippen LogP contribution in [0.1, 0.15) is 0 Å². The van der Waals surface area contributed by atoms with E-state index in [1.54, 1.807) is 44.6 Å². The van der Waals surface area contributed by atoms with Crippen molar-refractivity contribution in [3.8, 4) is 11.5 Å². The second kappa shape index (κ2) is 10.9. The van der Waals surface area contributed by atoms with Crippen molar-refractivity contribution < 1.29 is 19.1 Å². The Kier molecular flexibility index (Phi) is 7.78. The number of thioether (sulfide) groups is 1. The predicted octanol–water partition coefficient (Wildman–Crippen LogP) is 5.08. The number of ether oxygens (including phenoxy) is 2. The van der Waals surface area contributed by atoms with Crippen LogP contribution in [0.15, 0.2) is 77.7 Å². The third kappa shape index (κ3) is 6.68. The molecular formula is C23H23N3O4S. The van der Waals surface area contributed by atoms with E-state index >= 15 is 0 Å². The zero-order valence-electron chi connectivity index (χ0n) is 17.2. The van der Waals surface area contributed by atoms with Gasteiger partial charge >= 0.3 is 6.03 Å². The number of nitrogens with one attached hydrogen (secondary N) is 3. The highest BCUT2D eigenvalue weighted by Crippen LogP contribution is 2.29. The average molecular weight is 438 g/mol. The molecule has 0 fully saturated rings. The summed E-state index contributed by atoms with van der Waals surface area (Å²) in [5.74, 6) is 1.24. The molecule has 3 amide bonds. The number of hydrogen-bond acceptors (Lipinski definition) is 5. The lowest BCUT2D eigenvalue weighted by Crippen LogP contribution is -2.19. The van der Waals surface area contributed by atoms with Crippen LogP contribution in [0.25, 0.3) is 0 Å². The molecule has 0 radical (unpaired) electrons. The van der Waals surface area contributed by atoms with Gasteiger partial charge in [-0.15, -0.1) is 11.8 Å². The molecule has 0 spiro atoms. The number of hydrogen-bond donors (Lipinski definition) is 3. The molecule has 3 rings (SSSR count). The van der Waals surface area contributed by atoms with Crippen molar-refractivity contribution in [3.63, 3.8) is 0 Å². The van der Waals surface area contributed by atoms with E-state index in [2.05, 4.69) is 16.0 Å². The normalized spacial score (nSPS) is 10.1. The highest BCUT2D eigenvalue weighted by molar-refractivity contribution is 8.00. The first-order valence-electron chi connectivity index (χ1n) is 9.45. The van der Waals surface area contributed by atoms with Gasteiger partial charge in [-0.25, -0.2) is 4.79 Å². The maximum atomic E-state index is 12.3. The molecule has 0 aliphatic carbocycles. The Bertz CT molecular complexity index is 1030. The van der Waals surface area contributed by atoms with Crippen LogP contribution in [0.5, 0.6) is 11.5 Å². The summed E-state index contributed by atoms with van der Waals surface area (Å²) < 4.78 is 10.5. The number of carbonyl (C=O) groups is 2. The number of anilines is 3. The largest absolute Gasteiger partial charge is 0.497 e. The first-order chi connectivity index (χ1) is 15.1. The van der Waals surface area contributed by atoms with Gasteiger partial charge in [0.1, 0.15) is 11.5 Å². The average Bonchev–Trinajstić information content (AvgIpc) is 2.79. The Morgan fingerprint density at radius 1 is 0.806 bits per heavy atom. The van der Waals surface area contributed by atoms with Crippen LogP contribution < -0.4 is 25.4 Å². The van der Waals surface area contributed by atoms with Crippen molar-refractivity contribution in [2.45, 2.75) is 4.90 Å². The summed E-state index contributed by atoms with van der Waals surface area (Å²) in [5.41, 5.74) is 1.92. The van der Waals surface area contributed by atoms with Crippen molar-refractivity contribution in [2.24, 2.45) is 0 Å². The third-order valence-corrected chi connectivity index (χ3v) is 5.21. The monoisotopic (exact) mass is 437 g/mol.